The first-order valence-electron chi connectivity index (χ1n) is 4.74. The lowest BCUT2D eigenvalue weighted by atomic mass is 10.0. The number of hydrogen-bond donors (Lipinski definition) is 1. The summed E-state index contributed by atoms with van der Waals surface area (Å²) in [5.41, 5.74) is 5.79. The van der Waals surface area contributed by atoms with Gasteiger partial charge in [-0.2, -0.15) is 0 Å². The van der Waals surface area contributed by atoms with Crippen molar-refractivity contribution >= 4 is 21.7 Å². The van der Waals surface area contributed by atoms with Gasteiger partial charge in [-0.3, -0.25) is 4.79 Å². The quantitative estimate of drug-likeness (QED) is 0.856. The maximum atomic E-state index is 12.0. The van der Waals surface area contributed by atoms with E-state index in [1.54, 1.807) is 19.2 Å². The number of ketones is 1. The van der Waals surface area contributed by atoms with E-state index in [0.717, 1.165) is 17.3 Å². The number of nitrogens with two attached hydrogens (primary N) is 1. The number of benzene rings is 1. The van der Waals surface area contributed by atoms with Gasteiger partial charge >= 0.3 is 0 Å². The molecule has 0 spiro atoms. The molecule has 3 nitrogen and oxygen atoms in total. The number of ether oxygens (including phenoxy) is 1. The molecule has 0 unspecified atom stereocenters. The van der Waals surface area contributed by atoms with E-state index in [1.807, 2.05) is 6.07 Å². The summed E-state index contributed by atoms with van der Waals surface area (Å²) in [7, 11) is 1.55. The Kier molecular flexibility index (Phi) is 2.56. The third kappa shape index (κ3) is 1.92. The van der Waals surface area contributed by atoms with Gasteiger partial charge < -0.3 is 10.5 Å². The van der Waals surface area contributed by atoms with Gasteiger partial charge in [0.1, 0.15) is 5.75 Å². The monoisotopic (exact) mass is 269 g/mol. The number of carbonyl (C=O) groups excluding carboxylic acids is 1. The minimum Gasteiger partial charge on any atom is -0.496 e. The van der Waals surface area contributed by atoms with Crippen molar-refractivity contribution < 1.29 is 9.53 Å². The second-order valence-corrected chi connectivity index (χ2v) is 4.75. The van der Waals surface area contributed by atoms with Gasteiger partial charge in [-0.15, -0.1) is 0 Å². The molecule has 1 aromatic carbocycles. The Labute approximate surface area is 96.7 Å². The van der Waals surface area contributed by atoms with E-state index < -0.39 is 5.54 Å². The van der Waals surface area contributed by atoms with Crippen molar-refractivity contribution in [2.75, 3.05) is 7.11 Å². The van der Waals surface area contributed by atoms with Crippen molar-refractivity contribution in [1.82, 2.24) is 0 Å². The molecule has 1 aliphatic carbocycles. The number of Topliss-reactive ketones (excluding diaryl/α,β-unsaturated/α-hetero) is 1. The van der Waals surface area contributed by atoms with Gasteiger partial charge in [0.05, 0.1) is 18.2 Å². The molecule has 0 amide bonds. The highest BCUT2D eigenvalue weighted by atomic mass is 79.9. The molecule has 0 aliphatic heterocycles. The van der Waals surface area contributed by atoms with E-state index in [4.69, 9.17) is 10.5 Å². The van der Waals surface area contributed by atoms with E-state index in [0.29, 0.717) is 11.3 Å². The summed E-state index contributed by atoms with van der Waals surface area (Å²) < 4.78 is 6.00. The molecule has 0 radical (unpaired) electrons. The van der Waals surface area contributed by atoms with Crippen molar-refractivity contribution in [3.05, 3.63) is 28.2 Å². The number of carbonyl (C=O) groups is 1. The van der Waals surface area contributed by atoms with Crippen LogP contribution in [0.1, 0.15) is 23.2 Å². The predicted octanol–water partition coefficient (Wildman–Crippen LogP) is 2.13. The molecular formula is C11H12BrNO2. The fourth-order valence-electron chi connectivity index (χ4n) is 1.49. The van der Waals surface area contributed by atoms with Crippen LogP contribution >= 0.6 is 15.9 Å². The third-order valence-corrected chi connectivity index (χ3v) is 3.14. The second kappa shape index (κ2) is 3.61. The summed E-state index contributed by atoms with van der Waals surface area (Å²) in [4.78, 5) is 12.0. The van der Waals surface area contributed by atoms with E-state index in [9.17, 15) is 4.79 Å². The Morgan fingerprint density at radius 2 is 2.20 bits per heavy atom. The first-order chi connectivity index (χ1) is 7.07. The average Bonchev–Trinajstić information content (AvgIpc) is 2.96. The van der Waals surface area contributed by atoms with Crippen LogP contribution in [0, 0.1) is 0 Å². The maximum absolute atomic E-state index is 12.0. The number of methoxy groups -OCH3 is 1. The van der Waals surface area contributed by atoms with Crippen LogP contribution in [-0.4, -0.2) is 18.4 Å². The lowest BCUT2D eigenvalue weighted by Crippen LogP contribution is -2.33. The molecular weight excluding hydrogens is 258 g/mol. The van der Waals surface area contributed by atoms with Gasteiger partial charge in [0.2, 0.25) is 0 Å². The summed E-state index contributed by atoms with van der Waals surface area (Å²) >= 11 is 3.33. The number of hydrogen-bond acceptors (Lipinski definition) is 3. The fourth-order valence-corrected chi connectivity index (χ4v) is 1.85. The average molecular weight is 270 g/mol. The molecule has 1 aromatic rings. The summed E-state index contributed by atoms with van der Waals surface area (Å²) in [6.45, 7) is 0. The van der Waals surface area contributed by atoms with E-state index in [2.05, 4.69) is 15.9 Å². The molecule has 0 bridgehead atoms. The van der Waals surface area contributed by atoms with Gasteiger partial charge in [0, 0.05) is 4.47 Å². The molecule has 0 heterocycles. The maximum Gasteiger partial charge on any atom is 0.186 e. The summed E-state index contributed by atoms with van der Waals surface area (Å²) in [6.07, 6.45) is 1.53. The molecule has 0 saturated heterocycles. The van der Waals surface area contributed by atoms with Gasteiger partial charge in [-0.25, -0.2) is 0 Å². The van der Waals surface area contributed by atoms with Crippen LogP contribution in [0.15, 0.2) is 22.7 Å². The van der Waals surface area contributed by atoms with Crippen LogP contribution in [0.3, 0.4) is 0 Å². The summed E-state index contributed by atoms with van der Waals surface area (Å²) in [5, 5.41) is 0. The minimum atomic E-state index is -0.645. The van der Waals surface area contributed by atoms with Crippen LogP contribution in [0.4, 0.5) is 0 Å². The van der Waals surface area contributed by atoms with Gasteiger partial charge in [0.25, 0.3) is 0 Å². The van der Waals surface area contributed by atoms with Gasteiger partial charge in [0.15, 0.2) is 5.78 Å². The lowest BCUT2D eigenvalue weighted by Gasteiger charge is -2.11. The Morgan fingerprint density at radius 1 is 1.53 bits per heavy atom. The minimum absolute atomic E-state index is 0.0272. The normalized spacial score (nSPS) is 17.3. The van der Waals surface area contributed by atoms with Crippen molar-refractivity contribution in [2.24, 2.45) is 5.73 Å². The molecule has 15 heavy (non-hydrogen) atoms. The highest BCUT2D eigenvalue weighted by Crippen LogP contribution is 2.38. The van der Waals surface area contributed by atoms with E-state index in [-0.39, 0.29) is 5.78 Å². The Hall–Kier alpha value is -0.870. The largest absolute Gasteiger partial charge is 0.496 e. The van der Waals surface area contributed by atoms with Crippen LogP contribution in [0.25, 0.3) is 0 Å². The molecule has 4 heteroatoms. The van der Waals surface area contributed by atoms with Crippen molar-refractivity contribution in [1.29, 1.82) is 0 Å². The van der Waals surface area contributed by atoms with Crippen molar-refractivity contribution in [2.45, 2.75) is 18.4 Å². The molecule has 1 aliphatic rings. The Bertz CT molecular complexity index is 413. The second-order valence-electron chi connectivity index (χ2n) is 3.83. The lowest BCUT2D eigenvalue weighted by molar-refractivity contribution is 0.0946. The molecule has 0 aromatic heterocycles. The van der Waals surface area contributed by atoms with Crippen molar-refractivity contribution in [3.63, 3.8) is 0 Å². The highest BCUT2D eigenvalue weighted by molar-refractivity contribution is 9.10. The van der Waals surface area contributed by atoms with E-state index >= 15 is 0 Å². The molecule has 0 atom stereocenters. The van der Waals surface area contributed by atoms with Crippen LogP contribution in [0.5, 0.6) is 5.75 Å². The van der Waals surface area contributed by atoms with Crippen molar-refractivity contribution in [3.8, 4) is 5.75 Å². The molecule has 2 N–H and O–H groups in total. The molecule has 80 valence electrons. The highest BCUT2D eigenvalue weighted by Gasteiger charge is 2.46. The first-order valence-corrected chi connectivity index (χ1v) is 5.53. The standard InChI is InChI=1S/C11H12BrNO2/c1-15-9-3-2-7(12)6-8(9)10(14)11(13)4-5-11/h2-3,6H,4-5,13H2,1H3. The zero-order chi connectivity index (χ0) is 11.1. The summed E-state index contributed by atoms with van der Waals surface area (Å²) in [5.74, 6) is 0.556. The molecule has 1 fully saturated rings. The zero-order valence-corrected chi connectivity index (χ0v) is 10.0. The Balaban J connectivity index is 2.41. The van der Waals surface area contributed by atoms with E-state index in [1.165, 1.54) is 0 Å². The predicted molar refractivity (Wildman–Crippen MR) is 61.2 cm³/mol. The SMILES string of the molecule is COc1ccc(Br)cc1C(=O)C1(N)CC1. The first kappa shape index (κ1) is 10.6. The fraction of sp³-hybridized carbons (Fsp3) is 0.364. The van der Waals surface area contributed by atoms with Gasteiger partial charge in [-0.05, 0) is 31.0 Å². The molecule has 2 rings (SSSR count). The Morgan fingerprint density at radius 3 is 2.73 bits per heavy atom. The van der Waals surface area contributed by atoms with Crippen LogP contribution in [-0.2, 0) is 0 Å². The van der Waals surface area contributed by atoms with Crippen LogP contribution < -0.4 is 10.5 Å². The third-order valence-electron chi connectivity index (χ3n) is 2.65. The smallest absolute Gasteiger partial charge is 0.186 e. The van der Waals surface area contributed by atoms with Gasteiger partial charge in [-0.1, -0.05) is 15.9 Å². The summed E-state index contributed by atoms with van der Waals surface area (Å²) in [6, 6.07) is 5.36. The van der Waals surface area contributed by atoms with Crippen LogP contribution in [0.2, 0.25) is 0 Å². The topological polar surface area (TPSA) is 52.3 Å². The number of halogens is 1. The zero-order valence-electron chi connectivity index (χ0n) is 8.42. The number of rotatable bonds is 3. The molecule has 1 saturated carbocycles.